The maximum Gasteiger partial charge on any atom is 0.240 e. The molecule has 0 saturated carbocycles. The number of hydrogen-bond acceptors (Lipinski definition) is 2. The number of alkyl halides is 1. The van der Waals surface area contributed by atoms with Crippen LogP contribution < -0.4 is 5.73 Å². The van der Waals surface area contributed by atoms with Gasteiger partial charge in [0.15, 0.2) is 0 Å². The summed E-state index contributed by atoms with van der Waals surface area (Å²) in [6.07, 6.45) is 0. The number of amides is 1. The zero-order chi connectivity index (χ0) is 15.0. The third-order valence-corrected chi connectivity index (χ3v) is 3.65. The van der Waals surface area contributed by atoms with Gasteiger partial charge >= 0.3 is 0 Å². The first-order chi connectivity index (χ1) is 9.36. The highest BCUT2D eigenvalue weighted by Crippen LogP contribution is 2.30. The Morgan fingerprint density at radius 1 is 1.50 bits per heavy atom. The van der Waals surface area contributed by atoms with E-state index in [9.17, 15) is 9.18 Å². The summed E-state index contributed by atoms with van der Waals surface area (Å²) in [5, 5.41) is -0.0354. The summed E-state index contributed by atoms with van der Waals surface area (Å²) in [7, 11) is 0. The predicted molar refractivity (Wildman–Crippen MR) is 77.3 cm³/mol. The van der Waals surface area contributed by atoms with Crippen LogP contribution in [0.25, 0.3) is 11.0 Å². The Bertz CT molecular complexity index is 669. The van der Waals surface area contributed by atoms with Gasteiger partial charge < -0.3 is 10.3 Å². The molecule has 1 heterocycles. The van der Waals surface area contributed by atoms with E-state index in [-0.39, 0.29) is 16.8 Å². The second kappa shape index (κ2) is 5.58. The van der Waals surface area contributed by atoms with Crippen molar-refractivity contribution in [2.24, 2.45) is 11.7 Å². The SMILES string of the molecule is CC(C)C(C(N)=O)n1c(CCl)nc2cc(F)c(Cl)cc21. The molecule has 7 heteroatoms. The van der Waals surface area contributed by atoms with Crippen molar-refractivity contribution < 1.29 is 9.18 Å². The number of nitrogens with two attached hydrogens (primary N) is 1. The number of primary amides is 1. The first kappa shape index (κ1) is 15.1. The summed E-state index contributed by atoms with van der Waals surface area (Å²) in [6, 6.07) is 2.05. The Balaban J connectivity index is 2.78. The summed E-state index contributed by atoms with van der Waals surface area (Å²) in [5.41, 5.74) is 6.42. The average molecular weight is 318 g/mol. The van der Waals surface area contributed by atoms with Crippen molar-refractivity contribution in [1.29, 1.82) is 0 Å². The fourth-order valence-electron chi connectivity index (χ4n) is 2.30. The molecule has 108 valence electrons. The van der Waals surface area contributed by atoms with Crippen LogP contribution in [0.2, 0.25) is 5.02 Å². The van der Waals surface area contributed by atoms with E-state index in [0.29, 0.717) is 16.9 Å². The van der Waals surface area contributed by atoms with E-state index in [4.69, 9.17) is 28.9 Å². The van der Waals surface area contributed by atoms with Crippen LogP contribution in [0.15, 0.2) is 12.1 Å². The van der Waals surface area contributed by atoms with Gasteiger partial charge in [-0.2, -0.15) is 0 Å². The topological polar surface area (TPSA) is 60.9 Å². The van der Waals surface area contributed by atoms with E-state index in [1.54, 1.807) is 4.57 Å². The summed E-state index contributed by atoms with van der Waals surface area (Å²) in [4.78, 5) is 16.0. The number of halogens is 3. The predicted octanol–water partition coefficient (Wildman–Crippen LogP) is 3.25. The van der Waals surface area contributed by atoms with E-state index in [0.717, 1.165) is 0 Å². The Labute approximate surface area is 125 Å². The zero-order valence-electron chi connectivity index (χ0n) is 11.0. The van der Waals surface area contributed by atoms with Crippen LogP contribution in [0.4, 0.5) is 4.39 Å². The summed E-state index contributed by atoms with van der Waals surface area (Å²) >= 11 is 11.7. The molecule has 2 rings (SSSR count). The van der Waals surface area contributed by atoms with Gasteiger partial charge in [0, 0.05) is 6.07 Å². The number of fused-ring (bicyclic) bond motifs is 1. The quantitative estimate of drug-likeness (QED) is 0.880. The van der Waals surface area contributed by atoms with Crippen molar-refractivity contribution in [1.82, 2.24) is 9.55 Å². The molecule has 0 aliphatic heterocycles. The standard InChI is InChI=1S/C13H14Cl2FN3O/c1-6(2)12(13(17)20)19-10-3-7(15)8(16)4-9(10)18-11(19)5-14/h3-4,6,12H,5H2,1-2H3,(H2,17,20). The summed E-state index contributed by atoms with van der Waals surface area (Å²) in [6.45, 7) is 3.73. The highest BCUT2D eigenvalue weighted by molar-refractivity contribution is 6.31. The number of carbonyl (C=O) groups excluding carboxylic acids is 1. The van der Waals surface area contributed by atoms with Crippen molar-refractivity contribution >= 4 is 40.1 Å². The second-order valence-electron chi connectivity index (χ2n) is 4.88. The van der Waals surface area contributed by atoms with Crippen molar-refractivity contribution in [3.63, 3.8) is 0 Å². The molecule has 0 aliphatic rings. The van der Waals surface area contributed by atoms with Crippen molar-refractivity contribution in [3.8, 4) is 0 Å². The molecular formula is C13H14Cl2FN3O. The number of nitrogens with zero attached hydrogens (tertiary/aromatic N) is 2. The molecule has 1 atom stereocenters. The largest absolute Gasteiger partial charge is 0.368 e. The molecular weight excluding hydrogens is 304 g/mol. The molecule has 20 heavy (non-hydrogen) atoms. The Morgan fingerprint density at radius 2 is 2.15 bits per heavy atom. The fraction of sp³-hybridized carbons (Fsp3) is 0.385. The Kier molecular flexibility index (Phi) is 4.20. The van der Waals surface area contributed by atoms with E-state index in [1.165, 1.54) is 12.1 Å². The van der Waals surface area contributed by atoms with Gasteiger partial charge in [0.25, 0.3) is 0 Å². The molecule has 4 nitrogen and oxygen atoms in total. The van der Waals surface area contributed by atoms with Crippen molar-refractivity contribution in [2.45, 2.75) is 25.8 Å². The number of benzene rings is 1. The molecule has 1 aromatic heterocycles. The van der Waals surface area contributed by atoms with E-state index in [1.807, 2.05) is 13.8 Å². The first-order valence-electron chi connectivity index (χ1n) is 6.08. The maximum absolute atomic E-state index is 13.5. The van der Waals surface area contributed by atoms with Crippen LogP contribution in [0.1, 0.15) is 25.7 Å². The molecule has 2 aromatic rings. The van der Waals surface area contributed by atoms with Crippen molar-refractivity contribution in [3.05, 3.63) is 28.8 Å². The summed E-state index contributed by atoms with van der Waals surface area (Å²) < 4.78 is 15.1. The van der Waals surface area contributed by atoms with E-state index < -0.39 is 17.8 Å². The Hall–Kier alpha value is -1.33. The zero-order valence-corrected chi connectivity index (χ0v) is 12.5. The molecule has 1 amide bonds. The molecule has 0 spiro atoms. The molecule has 2 N–H and O–H groups in total. The minimum absolute atomic E-state index is 0.0354. The second-order valence-corrected chi connectivity index (χ2v) is 5.55. The number of imidazole rings is 1. The van der Waals surface area contributed by atoms with Crippen molar-refractivity contribution in [2.75, 3.05) is 0 Å². The number of hydrogen-bond donors (Lipinski definition) is 1. The molecule has 1 unspecified atom stereocenters. The molecule has 0 aliphatic carbocycles. The number of carbonyl (C=O) groups is 1. The van der Waals surface area contributed by atoms with Crippen LogP contribution >= 0.6 is 23.2 Å². The average Bonchev–Trinajstić information content (AvgIpc) is 2.67. The van der Waals surface area contributed by atoms with Gasteiger partial charge in [-0.1, -0.05) is 25.4 Å². The van der Waals surface area contributed by atoms with Gasteiger partial charge in [-0.15, -0.1) is 11.6 Å². The lowest BCUT2D eigenvalue weighted by Gasteiger charge is -2.21. The minimum Gasteiger partial charge on any atom is -0.368 e. The van der Waals surface area contributed by atoms with Crippen LogP contribution in [0, 0.1) is 11.7 Å². The highest BCUT2D eigenvalue weighted by atomic mass is 35.5. The van der Waals surface area contributed by atoms with Crippen LogP contribution in [0.5, 0.6) is 0 Å². The monoisotopic (exact) mass is 317 g/mol. The number of rotatable bonds is 4. The molecule has 0 radical (unpaired) electrons. The van der Waals surface area contributed by atoms with Gasteiger partial charge in [0.2, 0.25) is 5.91 Å². The van der Waals surface area contributed by atoms with Crippen LogP contribution in [-0.2, 0) is 10.7 Å². The highest BCUT2D eigenvalue weighted by Gasteiger charge is 2.26. The third kappa shape index (κ3) is 2.47. The lowest BCUT2D eigenvalue weighted by molar-refractivity contribution is -0.122. The molecule has 0 bridgehead atoms. The lowest BCUT2D eigenvalue weighted by Crippen LogP contribution is -2.31. The third-order valence-electron chi connectivity index (χ3n) is 3.13. The van der Waals surface area contributed by atoms with Gasteiger partial charge in [-0.05, 0) is 12.0 Å². The molecule has 0 saturated heterocycles. The normalized spacial score (nSPS) is 13.1. The fourth-order valence-corrected chi connectivity index (χ4v) is 2.65. The van der Waals surface area contributed by atoms with Crippen LogP contribution in [0.3, 0.4) is 0 Å². The van der Waals surface area contributed by atoms with Gasteiger partial charge in [0.05, 0.1) is 21.9 Å². The molecule has 0 fully saturated rings. The van der Waals surface area contributed by atoms with Gasteiger partial charge in [-0.25, -0.2) is 9.37 Å². The van der Waals surface area contributed by atoms with E-state index >= 15 is 0 Å². The first-order valence-corrected chi connectivity index (χ1v) is 6.99. The minimum atomic E-state index is -0.615. The molecule has 1 aromatic carbocycles. The number of aromatic nitrogens is 2. The lowest BCUT2D eigenvalue weighted by atomic mass is 10.0. The smallest absolute Gasteiger partial charge is 0.240 e. The van der Waals surface area contributed by atoms with Crippen LogP contribution in [-0.4, -0.2) is 15.5 Å². The Morgan fingerprint density at radius 3 is 2.65 bits per heavy atom. The van der Waals surface area contributed by atoms with E-state index in [2.05, 4.69) is 4.98 Å². The van der Waals surface area contributed by atoms with Gasteiger partial charge in [-0.3, -0.25) is 4.79 Å². The summed E-state index contributed by atoms with van der Waals surface area (Å²) in [5.74, 6) is -0.572. The maximum atomic E-state index is 13.5. The van der Waals surface area contributed by atoms with Gasteiger partial charge in [0.1, 0.15) is 17.7 Å².